The van der Waals surface area contributed by atoms with Crippen LogP contribution in [0.15, 0.2) is 78.2 Å². The van der Waals surface area contributed by atoms with Crippen LogP contribution in [-0.4, -0.2) is 27.4 Å². The van der Waals surface area contributed by atoms with E-state index in [9.17, 15) is 4.79 Å². The van der Waals surface area contributed by atoms with Crippen LogP contribution < -0.4 is 62.0 Å². The molecule has 2 unspecified atom stereocenters. The molecule has 7 heteroatoms. The van der Waals surface area contributed by atoms with E-state index >= 15 is 0 Å². The van der Waals surface area contributed by atoms with Crippen molar-refractivity contribution in [1.29, 1.82) is 0 Å². The number of pyridine rings is 1. The number of amides is 1. The van der Waals surface area contributed by atoms with E-state index in [0.717, 1.165) is 34.6 Å². The third kappa shape index (κ3) is 9.55. The van der Waals surface area contributed by atoms with Crippen LogP contribution in [0.25, 0.3) is 0 Å². The van der Waals surface area contributed by atoms with E-state index in [1.165, 1.54) is 5.56 Å². The van der Waals surface area contributed by atoms with Crippen LogP contribution in [-0.2, 0) is 0 Å². The van der Waals surface area contributed by atoms with E-state index in [-0.39, 0.29) is 63.3 Å². The molecule has 0 bridgehead atoms. The fourth-order valence-electron chi connectivity index (χ4n) is 3.82. The van der Waals surface area contributed by atoms with E-state index < -0.39 is 0 Å². The summed E-state index contributed by atoms with van der Waals surface area (Å²) >= 11 is 0. The zero-order valence-electron chi connectivity index (χ0n) is 24.2. The zero-order valence-corrected chi connectivity index (χ0v) is 27.3. The number of aliphatic imine (C=N–C) groups is 1. The molecule has 1 aromatic heterocycles. The van der Waals surface area contributed by atoms with Crippen LogP contribution >= 0.6 is 0 Å². The minimum atomic E-state index is -0.181. The maximum absolute atomic E-state index is 12.5. The number of aryl methyl sites for hydroxylation is 1. The Labute approximate surface area is 276 Å². The Morgan fingerprint density at radius 2 is 1.82 bits per heavy atom. The van der Waals surface area contributed by atoms with Gasteiger partial charge in [-0.3, -0.25) is 14.4 Å². The minimum Gasteiger partial charge on any atom is -0.560 e. The Hall–Kier alpha value is -2.55. The summed E-state index contributed by atoms with van der Waals surface area (Å²) in [5.41, 5.74) is 6.62. The molecule has 0 spiro atoms. The molecular weight excluding hydrogens is 509 g/mol. The third-order valence-corrected chi connectivity index (χ3v) is 6.28. The summed E-state index contributed by atoms with van der Waals surface area (Å²) in [4.78, 5) is 21.0. The van der Waals surface area contributed by atoms with Crippen molar-refractivity contribution in [1.82, 2.24) is 10.3 Å². The molecule has 198 valence electrons. The number of nitrogens with one attached hydrogen (secondary N) is 2. The number of hydrogen-bond donors (Lipinski definition) is 2. The van der Waals surface area contributed by atoms with Crippen LogP contribution in [0.4, 0.5) is 11.4 Å². The van der Waals surface area contributed by atoms with E-state index in [2.05, 4.69) is 69.5 Å². The molecule has 2 heterocycles. The fraction of sp³-hybridized carbons (Fsp3) is 0.281. The van der Waals surface area contributed by atoms with Gasteiger partial charge >= 0.3 is 51.4 Å². The van der Waals surface area contributed by atoms with Gasteiger partial charge < -0.3 is 21.8 Å². The number of anilines is 1. The van der Waals surface area contributed by atoms with Crippen molar-refractivity contribution in [3.63, 3.8) is 0 Å². The second kappa shape index (κ2) is 16.5. The molecule has 1 aliphatic heterocycles. The molecule has 0 aliphatic carbocycles. The predicted octanol–water partition coefficient (Wildman–Crippen LogP) is 4.14. The average molecular weight is 548 g/mol. The number of rotatable bonds is 9. The Balaban J connectivity index is 0.00000174. The van der Waals surface area contributed by atoms with Gasteiger partial charge in [0.2, 0.25) is 0 Å². The Bertz CT molecular complexity index is 1310. The molecule has 0 saturated carbocycles. The molecule has 0 saturated heterocycles. The summed E-state index contributed by atoms with van der Waals surface area (Å²) in [5.74, 6) is 0.397. The van der Waals surface area contributed by atoms with Crippen LogP contribution in [0.5, 0.6) is 0 Å². The second-order valence-corrected chi connectivity index (χ2v) is 9.09. The SMILES string of the molecule is CC.CCC(C)c1ccc([N+]2=CC(=NC=[C-]NC(C)c3cccc(NC(=O)c4cncc(C)c4)c3)[CH-]2)cc1.[K+]. The average Bonchev–Trinajstić information content (AvgIpc) is 2.92. The van der Waals surface area contributed by atoms with Crippen LogP contribution in [0, 0.1) is 19.7 Å². The van der Waals surface area contributed by atoms with Gasteiger partial charge in [0.25, 0.3) is 5.91 Å². The van der Waals surface area contributed by atoms with Crippen molar-refractivity contribution < 1.29 is 60.8 Å². The summed E-state index contributed by atoms with van der Waals surface area (Å²) in [5, 5.41) is 6.15. The molecule has 1 amide bonds. The molecule has 2 aromatic carbocycles. The first-order chi connectivity index (χ1) is 18.4. The van der Waals surface area contributed by atoms with Gasteiger partial charge in [0.1, 0.15) is 24.2 Å². The van der Waals surface area contributed by atoms with E-state index in [1.54, 1.807) is 18.6 Å². The molecular formula is C32H38KN5O. The number of nitrogens with zero attached hydrogens (tertiary/aromatic N) is 3. The Morgan fingerprint density at radius 3 is 2.49 bits per heavy atom. The quantitative estimate of drug-likeness (QED) is 0.183. The van der Waals surface area contributed by atoms with E-state index in [1.807, 2.05) is 70.8 Å². The molecule has 1 aliphatic rings. The largest absolute Gasteiger partial charge is 1.00 e. The van der Waals surface area contributed by atoms with Crippen molar-refractivity contribution >= 4 is 29.2 Å². The first kappa shape index (κ1) is 32.7. The van der Waals surface area contributed by atoms with Gasteiger partial charge in [-0.15, -0.1) is 6.20 Å². The number of benzene rings is 2. The first-order valence-electron chi connectivity index (χ1n) is 13.2. The van der Waals surface area contributed by atoms with Gasteiger partial charge in [-0.05, 0) is 73.2 Å². The normalized spacial score (nSPS) is 14.5. The maximum Gasteiger partial charge on any atom is 1.00 e. The van der Waals surface area contributed by atoms with Crippen molar-refractivity contribution in [2.75, 3.05) is 5.32 Å². The fourth-order valence-corrected chi connectivity index (χ4v) is 3.82. The van der Waals surface area contributed by atoms with Gasteiger partial charge in [-0.2, -0.15) is 0 Å². The molecule has 4 rings (SSSR count). The Kier molecular flexibility index (Phi) is 13.8. The summed E-state index contributed by atoms with van der Waals surface area (Å²) in [6.45, 7) is 14.4. The molecule has 6 nitrogen and oxygen atoms in total. The van der Waals surface area contributed by atoms with Crippen molar-refractivity contribution in [3.05, 3.63) is 108 Å². The summed E-state index contributed by atoms with van der Waals surface area (Å²) in [7, 11) is 0. The summed E-state index contributed by atoms with van der Waals surface area (Å²) in [6.07, 6.45) is 11.1. The van der Waals surface area contributed by atoms with Crippen LogP contribution in [0.2, 0.25) is 0 Å². The van der Waals surface area contributed by atoms with Crippen molar-refractivity contribution in [2.45, 2.75) is 59.9 Å². The van der Waals surface area contributed by atoms with Crippen molar-refractivity contribution in [2.24, 2.45) is 4.99 Å². The van der Waals surface area contributed by atoms with E-state index in [0.29, 0.717) is 11.5 Å². The van der Waals surface area contributed by atoms with Gasteiger partial charge in [0.15, 0.2) is 0 Å². The molecule has 0 radical (unpaired) electrons. The van der Waals surface area contributed by atoms with E-state index in [4.69, 9.17) is 0 Å². The van der Waals surface area contributed by atoms with Crippen LogP contribution in [0.1, 0.15) is 80.0 Å². The molecule has 3 aromatic rings. The maximum atomic E-state index is 12.5. The molecule has 2 atom stereocenters. The minimum absolute atomic E-state index is 0. The van der Waals surface area contributed by atoms with Gasteiger partial charge in [0.05, 0.1) is 5.56 Å². The second-order valence-electron chi connectivity index (χ2n) is 9.09. The standard InChI is InChI=1S/C30H32N5O.C2H6.K/c1-5-22(3)24-9-11-29(12-10-24)35-19-28(20-35)33-14-13-32-23(4)25-7-6-8-27(16-25)34-30(36)26-15-21(2)17-31-18-26;1-2;/h6-12,14-20,22-23,32H,5H2,1-4H3,(H,34,36);1-2H3;/q-1;;+1. The molecule has 39 heavy (non-hydrogen) atoms. The number of hydrogen-bond acceptors (Lipinski definition) is 4. The summed E-state index contributed by atoms with van der Waals surface area (Å²) in [6, 6.07) is 18.2. The molecule has 0 fully saturated rings. The zero-order chi connectivity index (χ0) is 27.5. The summed E-state index contributed by atoms with van der Waals surface area (Å²) < 4.78 is 2.07. The van der Waals surface area contributed by atoms with Crippen molar-refractivity contribution in [3.8, 4) is 0 Å². The van der Waals surface area contributed by atoms with Crippen LogP contribution in [0.3, 0.4) is 0 Å². The number of aromatic nitrogens is 1. The number of carbonyl (C=O) groups excluding carboxylic acids is 1. The predicted molar refractivity (Wildman–Crippen MR) is 157 cm³/mol. The molecule has 2 N–H and O–H groups in total. The van der Waals surface area contributed by atoms with Gasteiger partial charge in [-0.1, -0.05) is 52.0 Å². The third-order valence-electron chi connectivity index (χ3n) is 6.28. The first-order valence-corrected chi connectivity index (χ1v) is 13.2. The van der Waals surface area contributed by atoms with Gasteiger partial charge in [-0.25, -0.2) is 0 Å². The van der Waals surface area contributed by atoms with Gasteiger partial charge in [0, 0.05) is 24.1 Å². The monoisotopic (exact) mass is 547 g/mol. The number of carbonyl (C=O) groups is 1. The Morgan fingerprint density at radius 1 is 1.10 bits per heavy atom. The topological polar surface area (TPSA) is 69.4 Å². The smallest absolute Gasteiger partial charge is 0.560 e.